The van der Waals surface area contributed by atoms with Gasteiger partial charge in [-0.2, -0.15) is 0 Å². The molecule has 206 valence electrons. The molecule has 2 heterocycles. The summed E-state index contributed by atoms with van der Waals surface area (Å²) >= 11 is 0. The molecule has 0 atom stereocenters. The third kappa shape index (κ3) is 3.17. The molecule has 1 heteroatoms. The normalized spacial score (nSPS) is 15.3. The Bertz CT molecular complexity index is 2290. The first kappa shape index (κ1) is 24.7. The Morgan fingerprint density at radius 2 is 1.00 bits per heavy atom. The van der Waals surface area contributed by atoms with Gasteiger partial charge in [-0.15, -0.1) is 0 Å². The Kier molecular flexibility index (Phi) is 4.80. The number of fused-ring (bicyclic) bond motifs is 8. The van der Waals surface area contributed by atoms with E-state index in [1.165, 1.54) is 83.1 Å². The van der Waals surface area contributed by atoms with Gasteiger partial charge in [0.25, 0.3) is 0 Å². The van der Waals surface area contributed by atoms with Crippen molar-refractivity contribution in [2.75, 3.05) is 0 Å². The van der Waals surface area contributed by atoms with Gasteiger partial charge in [-0.3, -0.25) is 0 Å². The molecule has 0 spiro atoms. The predicted molar refractivity (Wildman–Crippen MR) is 181 cm³/mol. The van der Waals surface area contributed by atoms with Gasteiger partial charge in [-0.05, 0) is 79.9 Å². The quantitative estimate of drug-likeness (QED) is 0.201. The molecule has 0 fully saturated rings. The van der Waals surface area contributed by atoms with E-state index in [9.17, 15) is 0 Å². The van der Waals surface area contributed by atoms with Crippen LogP contribution in [0.4, 0.5) is 0 Å². The van der Waals surface area contributed by atoms with Crippen molar-refractivity contribution in [1.82, 2.24) is 4.57 Å². The number of hydrogen-bond donors (Lipinski definition) is 0. The van der Waals surface area contributed by atoms with Gasteiger partial charge < -0.3 is 4.57 Å². The molecule has 0 saturated carbocycles. The van der Waals surface area contributed by atoms with E-state index >= 15 is 0 Å². The molecule has 7 aromatic rings. The van der Waals surface area contributed by atoms with Crippen molar-refractivity contribution in [2.24, 2.45) is 0 Å². The van der Waals surface area contributed by atoms with Gasteiger partial charge in [0.1, 0.15) is 0 Å². The second-order valence-electron chi connectivity index (χ2n) is 13.4. The zero-order valence-electron chi connectivity index (χ0n) is 25.1. The van der Waals surface area contributed by atoms with E-state index in [4.69, 9.17) is 0 Å². The van der Waals surface area contributed by atoms with E-state index in [-0.39, 0.29) is 10.8 Å². The van der Waals surface area contributed by atoms with Crippen LogP contribution >= 0.6 is 0 Å². The Morgan fingerprint density at radius 3 is 1.79 bits per heavy atom. The maximum Gasteiger partial charge on any atom is 0.0582 e. The molecule has 2 aliphatic rings. The van der Waals surface area contributed by atoms with Crippen LogP contribution < -0.4 is 0 Å². The highest BCUT2D eigenvalue weighted by molar-refractivity contribution is 6.13. The predicted octanol–water partition coefficient (Wildman–Crippen LogP) is 11.1. The van der Waals surface area contributed by atoms with Crippen LogP contribution in [0, 0.1) is 0 Å². The lowest BCUT2D eigenvalue weighted by Crippen LogP contribution is -2.26. The van der Waals surface area contributed by atoms with Crippen LogP contribution in [-0.4, -0.2) is 4.57 Å². The van der Waals surface area contributed by atoms with Crippen LogP contribution in [-0.2, 0) is 10.8 Å². The van der Waals surface area contributed by atoms with Crippen molar-refractivity contribution in [3.05, 3.63) is 150 Å². The third-order valence-corrected chi connectivity index (χ3v) is 10.4. The summed E-state index contributed by atoms with van der Waals surface area (Å²) in [7, 11) is 0. The molecule has 0 amide bonds. The monoisotopic (exact) mass is 551 g/mol. The van der Waals surface area contributed by atoms with E-state index in [2.05, 4.69) is 160 Å². The molecule has 0 bridgehead atoms. The van der Waals surface area contributed by atoms with E-state index in [0.29, 0.717) is 0 Å². The lowest BCUT2D eigenvalue weighted by molar-refractivity contribution is 0.630. The Hall–Kier alpha value is -4.88. The zero-order valence-corrected chi connectivity index (χ0v) is 25.1. The fourth-order valence-corrected chi connectivity index (χ4v) is 8.19. The number of benzene rings is 6. The molecule has 1 nitrogen and oxygen atoms in total. The Labute approximate surface area is 253 Å². The average Bonchev–Trinajstić information content (AvgIpc) is 3.49. The van der Waals surface area contributed by atoms with Crippen LogP contribution in [0.15, 0.2) is 127 Å². The van der Waals surface area contributed by atoms with Crippen molar-refractivity contribution >= 4 is 21.8 Å². The molecule has 9 rings (SSSR count). The highest BCUT2D eigenvalue weighted by Crippen LogP contribution is 2.51. The minimum atomic E-state index is -0.0586. The highest BCUT2D eigenvalue weighted by Gasteiger charge is 2.36. The van der Waals surface area contributed by atoms with E-state index < -0.39 is 0 Å². The first-order valence-corrected chi connectivity index (χ1v) is 15.4. The third-order valence-electron chi connectivity index (χ3n) is 10.4. The zero-order chi connectivity index (χ0) is 29.1. The van der Waals surface area contributed by atoms with E-state index in [1.807, 2.05) is 0 Å². The SMILES string of the molecule is CC1(C)c2ccccc2-c2ccc(-c3ccccc3-c3ccc4c(c3)c3cccc5c3n4-c3ccccc3C5(C)C)cc21. The molecule has 1 aliphatic heterocycles. The number of hydrogen-bond acceptors (Lipinski definition) is 0. The highest BCUT2D eigenvalue weighted by atomic mass is 15.0. The second kappa shape index (κ2) is 8.36. The molecule has 43 heavy (non-hydrogen) atoms. The molecule has 0 saturated heterocycles. The van der Waals surface area contributed by atoms with Crippen LogP contribution in [0.2, 0.25) is 0 Å². The number of nitrogens with zero attached hydrogens (tertiary/aromatic N) is 1. The fourth-order valence-electron chi connectivity index (χ4n) is 8.19. The maximum atomic E-state index is 2.50. The topological polar surface area (TPSA) is 4.93 Å². The summed E-state index contributed by atoms with van der Waals surface area (Å²) in [5.41, 5.74) is 17.2. The summed E-state index contributed by atoms with van der Waals surface area (Å²) < 4.78 is 2.50. The molecule has 6 aromatic carbocycles. The maximum absolute atomic E-state index is 2.50. The molecule has 0 N–H and O–H groups in total. The molecule has 1 aromatic heterocycles. The first-order valence-electron chi connectivity index (χ1n) is 15.4. The minimum absolute atomic E-state index is 0.0222. The molecule has 0 radical (unpaired) electrons. The van der Waals surface area contributed by atoms with E-state index in [0.717, 1.165) is 0 Å². The van der Waals surface area contributed by atoms with Gasteiger partial charge in [0.05, 0.1) is 16.7 Å². The molecular formula is C42H33N. The second-order valence-corrected chi connectivity index (χ2v) is 13.4. The summed E-state index contributed by atoms with van der Waals surface area (Å²) in [5, 5.41) is 2.63. The van der Waals surface area contributed by atoms with Crippen molar-refractivity contribution < 1.29 is 0 Å². The molecule has 1 aliphatic carbocycles. The smallest absolute Gasteiger partial charge is 0.0582 e. The fraction of sp³-hybridized carbons (Fsp3) is 0.143. The van der Waals surface area contributed by atoms with Crippen LogP contribution in [0.25, 0.3) is 60.9 Å². The van der Waals surface area contributed by atoms with Crippen molar-refractivity contribution in [1.29, 1.82) is 0 Å². The van der Waals surface area contributed by atoms with Crippen molar-refractivity contribution in [3.63, 3.8) is 0 Å². The van der Waals surface area contributed by atoms with Crippen LogP contribution in [0.3, 0.4) is 0 Å². The molecule has 0 unspecified atom stereocenters. The van der Waals surface area contributed by atoms with Crippen molar-refractivity contribution in [2.45, 2.75) is 38.5 Å². The lowest BCUT2D eigenvalue weighted by Gasteiger charge is -2.34. The summed E-state index contributed by atoms with van der Waals surface area (Å²) in [6.07, 6.45) is 0. The van der Waals surface area contributed by atoms with Gasteiger partial charge in [0.15, 0.2) is 0 Å². The number of para-hydroxylation sites is 2. The Balaban J connectivity index is 1.25. The van der Waals surface area contributed by atoms with Crippen LogP contribution in [0.5, 0.6) is 0 Å². The summed E-state index contributed by atoms with van der Waals surface area (Å²) in [6, 6.07) is 47.7. The average molecular weight is 552 g/mol. The summed E-state index contributed by atoms with van der Waals surface area (Å²) in [6.45, 7) is 9.44. The summed E-state index contributed by atoms with van der Waals surface area (Å²) in [5.74, 6) is 0. The number of rotatable bonds is 2. The van der Waals surface area contributed by atoms with Gasteiger partial charge in [-0.25, -0.2) is 0 Å². The van der Waals surface area contributed by atoms with Gasteiger partial charge >= 0.3 is 0 Å². The largest absolute Gasteiger partial charge is 0.309 e. The first-order chi connectivity index (χ1) is 20.9. The van der Waals surface area contributed by atoms with Gasteiger partial charge in [-0.1, -0.05) is 131 Å². The number of aromatic nitrogens is 1. The van der Waals surface area contributed by atoms with Gasteiger partial charge in [0.2, 0.25) is 0 Å². The summed E-state index contributed by atoms with van der Waals surface area (Å²) in [4.78, 5) is 0. The molecular weight excluding hydrogens is 518 g/mol. The van der Waals surface area contributed by atoms with Crippen LogP contribution in [0.1, 0.15) is 49.9 Å². The van der Waals surface area contributed by atoms with Crippen molar-refractivity contribution in [3.8, 4) is 39.1 Å². The standard InChI is InChI=1S/C42H33N/c1-41(2)34-16-8-7-14-30(34)31-22-20-27(25-37(31)41)29-13-6-5-12-28(29)26-21-23-38-33(24-26)32-15-11-18-36-40(32)43(38)39-19-10-9-17-35(39)42(36,3)4/h5-25H,1-4H3. The van der Waals surface area contributed by atoms with Gasteiger partial charge in [0, 0.05) is 21.6 Å². The lowest BCUT2D eigenvalue weighted by atomic mass is 9.75. The van der Waals surface area contributed by atoms with E-state index in [1.54, 1.807) is 0 Å². The minimum Gasteiger partial charge on any atom is -0.309 e. The Morgan fingerprint density at radius 1 is 0.419 bits per heavy atom.